The van der Waals surface area contributed by atoms with Crippen LogP contribution in [0.1, 0.15) is 13.3 Å². The van der Waals surface area contributed by atoms with Gasteiger partial charge in [0.25, 0.3) is 0 Å². The summed E-state index contributed by atoms with van der Waals surface area (Å²) in [6.07, 6.45) is 0.953. The standard InChI is InChI=1S/C11H18O3Si/c1-4-10-14-15(12-2,13-3)11-8-6-5-7-9-11/h5-9H,4,10H2,1-3H3. The van der Waals surface area contributed by atoms with Gasteiger partial charge in [0.05, 0.1) is 0 Å². The van der Waals surface area contributed by atoms with E-state index in [1.165, 1.54) is 0 Å². The topological polar surface area (TPSA) is 27.7 Å². The maximum atomic E-state index is 5.76. The molecule has 0 unspecified atom stereocenters. The van der Waals surface area contributed by atoms with Crippen LogP contribution in [-0.2, 0) is 13.3 Å². The van der Waals surface area contributed by atoms with Crippen LogP contribution >= 0.6 is 0 Å². The van der Waals surface area contributed by atoms with Gasteiger partial charge in [-0.25, -0.2) is 0 Å². The third kappa shape index (κ3) is 2.88. The van der Waals surface area contributed by atoms with Gasteiger partial charge in [-0.2, -0.15) is 0 Å². The Kier molecular flexibility index (Phi) is 4.97. The highest BCUT2D eigenvalue weighted by Crippen LogP contribution is 2.08. The van der Waals surface area contributed by atoms with Crippen molar-refractivity contribution in [3.05, 3.63) is 30.3 Å². The van der Waals surface area contributed by atoms with Gasteiger partial charge >= 0.3 is 8.80 Å². The largest absolute Gasteiger partial charge is 0.536 e. The molecule has 4 heteroatoms. The van der Waals surface area contributed by atoms with Crippen molar-refractivity contribution in [3.63, 3.8) is 0 Å². The van der Waals surface area contributed by atoms with Crippen molar-refractivity contribution in [2.45, 2.75) is 13.3 Å². The van der Waals surface area contributed by atoms with E-state index in [0.29, 0.717) is 6.61 Å². The van der Waals surface area contributed by atoms with Crippen LogP contribution in [0.4, 0.5) is 0 Å². The second kappa shape index (κ2) is 6.02. The van der Waals surface area contributed by atoms with E-state index in [0.717, 1.165) is 11.6 Å². The van der Waals surface area contributed by atoms with Gasteiger partial charge in [0, 0.05) is 26.0 Å². The number of benzene rings is 1. The summed E-state index contributed by atoms with van der Waals surface area (Å²) in [7, 11) is 0.634. The highest BCUT2D eigenvalue weighted by molar-refractivity contribution is 6.75. The van der Waals surface area contributed by atoms with Gasteiger partial charge < -0.3 is 13.3 Å². The Morgan fingerprint density at radius 1 is 1.07 bits per heavy atom. The normalized spacial score (nSPS) is 11.7. The first kappa shape index (κ1) is 12.4. The second-order valence-electron chi connectivity index (χ2n) is 3.18. The summed E-state index contributed by atoms with van der Waals surface area (Å²) in [5, 5.41) is 1.00. The molecule has 0 aliphatic rings. The summed E-state index contributed by atoms with van der Waals surface area (Å²) >= 11 is 0. The van der Waals surface area contributed by atoms with E-state index in [1.807, 2.05) is 30.3 Å². The lowest BCUT2D eigenvalue weighted by atomic mass is 10.4. The van der Waals surface area contributed by atoms with Gasteiger partial charge in [-0.3, -0.25) is 0 Å². The SMILES string of the molecule is CCCO[Si](OC)(OC)c1ccccc1. The van der Waals surface area contributed by atoms with Gasteiger partial charge in [0.2, 0.25) is 0 Å². The Hall–Kier alpha value is -0.683. The zero-order chi connectivity index (χ0) is 11.1. The number of hydrogen-bond acceptors (Lipinski definition) is 3. The smallest absolute Gasteiger partial charge is 0.373 e. The first-order valence-electron chi connectivity index (χ1n) is 5.09. The first-order valence-corrected chi connectivity index (χ1v) is 6.81. The van der Waals surface area contributed by atoms with Gasteiger partial charge in [-0.1, -0.05) is 37.3 Å². The fourth-order valence-electron chi connectivity index (χ4n) is 1.40. The molecular formula is C11H18O3Si. The van der Waals surface area contributed by atoms with Gasteiger partial charge in [-0.15, -0.1) is 0 Å². The van der Waals surface area contributed by atoms with E-state index in [1.54, 1.807) is 14.2 Å². The molecule has 0 atom stereocenters. The predicted molar refractivity (Wildman–Crippen MR) is 62.1 cm³/mol. The minimum absolute atomic E-state index is 0.656. The van der Waals surface area contributed by atoms with E-state index >= 15 is 0 Å². The van der Waals surface area contributed by atoms with E-state index in [9.17, 15) is 0 Å². The van der Waals surface area contributed by atoms with E-state index < -0.39 is 8.80 Å². The molecule has 0 saturated carbocycles. The molecule has 0 spiro atoms. The minimum atomic E-state index is -2.64. The Morgan fingerprint density at radius 2 is 1.67 bits per heavy atom. The van der Waals surface area contributed by atoms with Crippen LogP contribution in [0.2, 0.25) is 0 Å². The predicted octanol–water partition coefficient (Wildman–Crippen LogP) is 1.55. The highest BCUT2D eigenvalue weighted by atomic mass is 28.4. The molecule has 0 fully saturated rings. The third-order valence-electron chi connectivity index (χ3n) is 2.16. The minimum Gasteiger partial charge on any atom is -0.373 e. The molecule has 0 saturated heterocycles. The number of hydrogen-bond donors (Lipinski definition) is 0. The molecule has 0 aromatic heterocycles. The molecule has 0 amide bonds. The van der Waals surface area contributed by atoms with Crippen LogP contribution in [0.5, 0.6) is 0 Å². The highest BCUT2D eigenvalue weighted by Gasteiger charge is 2.41. The molecule has 3 nitrogen and oxygen atoms in total. The summed E-state index contributed by atoms with van der Waals surface area (Å²) in [6, 6.07) is 9.85. The van der Waals surface area contributed by atoms with E-state index in [-0.39, 0.29) is 0 Å². The quantitative estimate of drug-likeness (QED) is 0.689. The average molecular weight is 226 g/mol. The Balaban J connectivity index is 2.89. The maximum Gasteiger partial charge on any atom is 0.536 e. The summed E-state index contributed by atoms with van der Waals surface area (Å²) in [5.41, 5.74) is 0. The molecule has 0 aliphatic heterocycles. The van der Waals surface area contributed by atoms with Crippen molar-refractivity contribution in [3.8, 4) is 0 Å². The molecular weight excluding hydrogens is 208 g/mol. The zero-order valence-corrected chi connectivity index (χ0v) is 10.5. The van der Waals surface area contributed by atoms with Crippen LogP contribution in [-0.4, -0.2) is 29.6 Å². The maximum absolute atomic E-state index is 5.76. The fraction of sp³-hybridized carbons (Fsp3) is 0.455. The molecule has 0 aliphatic carbocycles. The van der Waals surface area contributed by atoms with Gasteiger partial charge in [-0.05, 0) is 6.42 Å². The van der Waals surface area contributed by atoms with Crippen molar-refractivity contribution in [1.82, 2.24) is 0 Å². The fourth-order valence-corrected chi connectivity index (χ4v) is 3.51. The molecule has 84 valence electrons. The van der Waals surface area contributed by atoms with Crippen molar-refractivity contribution in [2.24, 2.45) is 0 Å². The lowest BCUT2D eigenvalue weighted by molar-refractivity contribution is 0.114. The van der Waals surface area contributed by atoms with Crippen molar-refractivity contribution in [2.75, 3.05) is 20.8 Å². The second-order valence-corrected chi connectivity index (χ2v) is 5.97. The molecule has 0 N–H and O–H groups in total. The Labute approximate surface area is 92.3 Å². The van der Waals surface area contributed by atoms with Crippen LogP contribution in [0.25, 0.3) is 0 Å². The average Bonchev–Trinajstić information content (AvgIpc) is 2.33. The molecule has 1 aromatic rings. The summed E-state index contributed by atoms with van der Waals surface area (Å²) in [5.74, 6) is 0. The zero-order valence-electron chi connectivity index (χ0n) is 9.53. The Morgan fingerprint density at radius 3 is 2.13 bits per heavy atom. The van der Waals surface area contributed by atoms with Gasteiger partial charge in [0.1, 0.15) is 0 Å². The van der Waals surface area contributed by atoms with E-state index in [4.69, 9.17) is 13.3 Å². The molecule has 1 aromatic carbocycles. The third-order valence-corrected chi connectivity index (χ3v) is 4.86. The van der Waals surface area contributed by atoms with Crippen LogP contribution in [0, 0.1) is 0 Å². The van der Waals surface area contributed by atoms with E-state index in [2.05, 4.69) is 6.92 Å². The molecule has 0 heterocycles. The number of rotatable bonds is 6. The lowest BCUT2D eigenvalue weighted by Crippen LogP contribution is -2.55. The van der Waals surface area contributed by atoms with Crippen LogP contribution in [0.15, 0.2) is 30.3 Å². The van der Waals surface area contributed by atoms with Crippen LogP contribution < -0.4 is 5.19 Å². The molecule has 15 heavy (non-hydrogen) atoms. The Bertz CT molecular complexity index is 272. The summed E-state index contributed by atoms with van der Waals surface area (Å²) in [6.45, 7) is 2.72. The van der Waals surface area contributed by atoms with Crippen molar-refractivity contribution in [1.29, 1.82) is 0 Å². The van der Waals surface area contributed by atoms with Crippen molar-refractivity contribution >= 4 is 14.0 Å². The monoisotopic (exact) mass is 226 g/mol. The van der Waals surface area contributed by atoms with Crippen LogP contribution in [0.3, 0.4) is 0 Å². The molecule has 0 bridgehead atoms. The van der Waals surface area contributed by atoms with Crippen molar-refractivity contribution < 1.29 is 13.3 Å². The lowest BCUT2D eigenvalue weighted by Gasteiger charge is -2.26. The summed E-state index contributed by atoms with van der Waals surface area (Å²) in [4.78, 5) is 0. The molecule has 0 radical (unpaired) electrons. The first-order chi connectivity index (χ1) is 7.29. The summed E-state index contributed by atoms with van der Waals surface area (Å²) < 4.78 is 16.7. The molecule has 1 rings (SSSR count). The van der Waals surface area contributed by atoms with Gasteiger partial charge in [0.15, 0.2) is 0 Å².